The van der Waals surface area contributed by atoms with Gasteiger partial charge in [-0.05, 0) is 33.0 Å². The molecule has 0 aliphatic carbocycles. The molecule has 0 amide bonds. The fraction of sp³-hybridized carbons (Fsp3) is 0.375. The van der Waals surface area contributed by atoms with E-state index in [0.717, 1.165) is 25.9 Å². The van der Waals surface area contributed by atoms with E-state index < -0.39 is 10.9 Å². The van der Waals surface area contributed by atoms with Crippen molar-refractivity contribution < 1.29 is 0 Å². The van der Waals surface area contributed by atoms with Crippen LogP contribution < -0.4 is 27.0 Å². The van der Waals surface area contributed by atoms with Crippen molar-refractivity contribution in [1.29, 1.82) is 5.41 Å². The summed E-state index contributed by atoms with van der Waals surface area (Å²) >= 11 is 0. The molecule has 3 rings (SSSR count). The molecule has 1 heterocycles. The molecule has 6 nitrogen and oxygen atoms in total. The maximum Gasteiger partial charge on any atom is 0.253 e. The molecule has 22 heavy (non-hydrogen) atoms. The van der Waals surface area contributed by atoms with Crippen LogP contribution in [0.25, 0.3) is 10.8 Å². The molecule has 1 aliphatic heterocycles. The average molecular weight is 298 g/mol. The van der Waals surface area contributed by atoms with Crippen molar-refractivity contribution in [3.63, 3.8) is 0 Å². The SMILES string of the molecule is CN1CCC(N/N=c2\c(=N)c(=O)c(=O)c3ccccc23)CC1. The number of rotatable bonds is 2. The zero-order chi connectivity index (χ0) is 15.7. The molecule has 0 unspecified atom stereocenters. The number of fused-ring (bicyclic) bond motifs is 1. The quantitative estimate of drug-likeness (QED) is 0.573. The maximum absolute atomic E-state index is 11.9. The monoisotopic (exact) mass is 298 g/mol. The Morgan fingerprint density at radius 1 is 1.14 bits per heavy atom. The highest BCUT2D eigenvalue weighted by Gasteiger charge is 2.16. The first-order valence-electron chi connectivity index (χ1n) is 7.37. The fourth-order valence-electron chi connectivity index (χ4n) is 2.78. The van der Waals surface area contributed by atoms with E-state index in [9.17, 15) is 9.59 Å². The molecule has 1 aliphatic rings. The molecule has 0 radical (unpaired) electrons. The molecule has 0 atom stereocenters. The van der Waals surface area contributed by atoms with Crippen molar-refractivity contribution in [2.24, 2.45) is 5.10 Å². The fourth-order valence-corrected chi connectivity index (χ4v) is 2.78. The molecule has 2 aromatic carbocycles. The Labute approximate surface area is 126 Å². The number of hydrogen-bond acceptors (Lipinski definition) is 6. The number of piperidine rings is 1. The minimum atomic E-state index is -0.789. The summed E-state index contributed by atoms with van der Waals surface area (Å²) in [5, 5.41) is 13.0. The molecule has 2 N–H and O–H groups in total. The molecule has 0 aromatic heterocycles. The highest BCUT2D eigenvalue weighted by atomic mass is 16.2. The van der Waals surface area contributed by atoms with Crippen molar-refractivity contribution in [3.05, 3.63) is 55.4 Å². The Morgan fingerprint density at radius 2 is 1.77 bits per heavy atom. The molecule has 6 heteroatoms. The molecule has 2 aromatic rings. The van der Waals surface area contributed by atoms with Gasteiger partial charge in [-0.1, -0.05) is 24.3 Å². The van der Waals surface area contributed by atoms with Crippen molar-refractivity contribution >= 4 is 10.8 Å². The van der Waals surface area contributed by atoms with E-state index in [2.05, 4.69) is 22.5 Å². The predicted octanol–water partition coefficient (Wildman–Crippen LogP) is -0.585. The summed E-state index contributed by atoms with van der Waals surface area (Å²) in [6.07, 6.45) is 1.93. The largest absolute Gasteiger partial charge is 0.306 e. The lowest BCUT2D eigenvalue weighted by Gasteiger charge is -2.28. The van der Waals surface area contributed by atoms with Gasteiger partial charge in [-0.25, -0.2) is 0 Å². The lowest BCUT2D eigenvalue weighted by Crippen LogP contribution is -2.49. The molecular formula is C16H18N4O2. The normalized spacial score (nSPS) is 18.0. The first kappa shape index (κ1) is 14.6. The maximum atomic E-state index is 11.9. The second-order valence-electron chi connectivity index (χ2n) is 5.75. The van der Waals surface area contributed by atoms with E-state index in [-0.39, 0.29) is 16.8 Å². The zero-order valence-corrected chi connectivity index (χ0v) is 12.4. The van der Waals surface area contributed by atoms with Gasteiger partial charge in [0, 0.05) is 16.8 Å². The standard InChI is InChI=1S/C16H18N4O2/c1-20-8-6-10(7-9-20)18-19-14-11-4-2-3-5-12(11)15(21)16(22)13(14)17/h2-5,10,17-18H,6-9H2,1H3/b17-13?,19-14-. The van der Waals surface area contributed by atoms with Gasteiger partial charge in [0.1, 0.15) is 10.7 Å². The van der Waals surface area contributed by atoms with E-state index >= 15 is 0 Å². The van der Waals surface area contributed by atoms with Crippen LogP contribution in [0.15, 0.2) is 39.0 Å². The Bertz CT molecular complexity index is 904. The lowest BCUT2D eigenvalue weighted by atomic mass is 10.1. The third-order valence-electron chi connectivity index (χ3n) is 4.17. The van der Waals surface area contributed by atoms with Crippen molar-refractivity contribution in [2.45, 2.75) is 18.9 Å². The highest BCUT2D eigenvalue weighted by molar-refractivity contribution is 5.81. The summed E-state index contributed by atoms with van der Waals surface area (Å²) in [7, 11) is 2.08. The number of benzene rings is 2. The van der Waals surface area contributed by atoms with Crippen LogP contribution in [0.4, 0.5) is 0 Å². The molecule has 1 saturated heterocycles. The van der Waals surface area contributed by atoms with E-state index in [1.54, 1.807) is 24.3 Å². The summed E-state index contributed by atoms with van der Waals surface area (Å²) in [5.74, 6) is 0. The van der Waals surface area contributed by atoms with Crippen LogP contribution in [-0.2, 0) is 0 Å². The van der Waals surface area contributed by atoms with Crippen LogP contribution in [0.2, 0.25) is 0 Å². The van der Waals surface area contributed by atoms with Gasteiger partial charge in [-0.3, -0.25) is 15.0 Å². The van der Waals surface area contributed by atoms with E-state index in [1.807, 2.05) is 0 Å². The number of likely N-dealkylation sites (tertiary alicyclic amines) is 1. The second kappa shape index (κ2) is 5.81. The van der Waals surface area contributed by atoms with Crippen LogP contribution in [0.1, 0.15) is 12.8 Å². The van der Waals surface area contributed by atoms with Crippen molar-refractivity contribution in [3.8, 4) is 0 Å². The molecule has 1 fully saturated rings. The minimum Gasteiger partial charge on any atom is -0.306 e. The number of nitrogens with zero attached hydrogens (tertiary/aromatic N) is 2. The van der Waals surface area contributed by atoms with Gasteiger partial charge < -0.3 is 10.3 Å². The predicted molar refractivity (Wildman–Crippen MR) is 83.9 cm³/mol. The van der Waals surface area contributed by atoms with Gasteiger partial charge in [0.2, 0.25) is 5.43 Å². The number of nitrogens with one attached hydrogen (secondary N) is 2. The van der Waals surface area contributed by atoms with Crippen LogP contribution in [0.3, 0.4) is 0 Å². The van der Waals surface area contributed by atoms with Crippen molar-refractivity contribution in [1.82, 2.24) is 10.3 Å². The number of hydrogen-bond donors (Lipinski definition) is 2. The smallest absolute Gasteiger partial charge is 0.253 e. The molecule has 0 saturated carbocycles. The van der Waals surface area contributed by atoms with Crippen LogP contribution in [0.5, 0.6) is 0 Å². The van der Waals surface area contributed by atoms with Gasteiger partial charge in [0.05, 0.1) is 0 Å². The summed E-state index contributed by atoms with van der Waals surface area (Å²) < 4.78 is 0. The van der Waals surface area contributed by atoms with Crippen LogP contribution in [0, 0.1) is 5.41 Å². The molecule has 0 bridgehead atoms. The van der Waals surface area contributed by atoms with Gasteiger partial charge >= 0.3 is 0 Å². The lowest BCUT2D eigenvalue weighted by molar-refractivity contribution is 0.235. The Kier molecular flexibility index (Phi) is 3.85. The van der Waals surface area contributed by atoms with E-state index in [0.29, 0.717) is 10.8 Å². The average Bonchev–Trinajstić information content (AvgIpc) is 2.54. The topological polar surface area (TPSA) is 85.6 Å². The van der Waals surface area contributed by atoms with Gasteiger partial charge in [-0.2, -0.15) is 5.10 Å². The van der Waals surface area contributed by atoms with Crippen molar-refractivity contribution in [2.75, 3.05) is 20.1 Å². The Hall–Kier alpha value is -2.34. The highest BCUT2D eigenvalue weighted by Crippen LogP contribution is 2.07. The minimum absolute atomic E-state index is 0.233. The third-order valence-corrected chi connectivity index (χ3v) is 4.17. The second-order valence-corrected chi connectivity index (χ2v) is 5.75. The van der Waals surface area contributed by atoms with E-state index in [4.69, 9.17) is 5.41 Å². The van der Waals surface area contributed by atoms with Gasteiger partial charge in [-0.15, -0.1) is 0 Å². The summed E-state index contributed by atoms with van der Waals surface area (Å²) in [6.45, 7) is 1.99. The van der Waals surface area contributed by atoms with Crippen LogP contribution in [-0.4, -0.2) is 31.1 Å². The summed E-state index contributed by atoms with van der Waals surface area (Å²) in [6, 6.07) is 7.05. The Morgan fingerprint density at radius 3 is 2.45 bits per heavy atom. The Balaban J connectivity index is 2.07. The molecular weight excluding hydrogens is 280 g/mol. The molecule has 114 valence electrons. The van der Waals surface area contributed by atoms with Crippen LogP contribution >= 0.6 is 0 Å². The first-order valence-corrected chi connectivity index (χ1v) is 7.37. The third kappa shape index (κ3) is 2.57. The summed E-state index contributed by atoms with van der Waals surface area (Å²) in [4.78, 5) is 26.1. The first-order chi connectivity index (χ1) is 10.6. The van der Waals surface area contributed by atoms with E-state index in [1.165, 1.54) is 0 Å². The molecule has 0 spiro atoms. The summed E-state index contributed by atoms with van der Waals surface area (Å²) in [5.41, 5.74) is 1.66. The van der Waals surface area contributed by atoms with Gasteiger partial charge in [0.25, 0.3) is 5.43 Å². The zero-order valence-electron chi connectivity index (χ0n) is 12.4. The van der Waals surface area contributed by atoms with Gasteiger partial charge in [0.15, 0.2) is 0 Å².